The molecule has 0 spiro atoms. The monoisotopic (exact) mass is 421 g/mol. The molecule has 0 aliphatic carbocycles. The van der Waals surface area contributed by atoms with Crippen molar-refractivity contribution in [1.29, 1.82) is 0 Å². The fourth-order valence-electron chi connectivity index (χ4n) is 3.55. The van der Waals surface area contributed by atoms with Crippen LogP contribution in [0.15, 0.2) is 66.0 Å². The Balaban J connectivity index is 1.31. The van der Waals surface area contributed by atoms with E-state index in [1.807, 2.05) is 46.7 Å². The van der Waals surface area contributed by atoms with Gasteiger partial charge in [-0.1, -0.05) is 48.5 Å². The molecule has 154 valence electrons. The van der Waals surface area contributed by atoms with E-state index in [-0.39, 0.29) is 24.9 Å². The van der Waals surface area contributed by atoms with Crippen molar-refractivity contribution in [2.75, 3.05) is 13.1 Å². The van der Waals surface area contributed by atoms with Gasteiger partial charge in [-0.15, -0.1) is 11.3 Å². The van der Waals surface area contributed by atoms with Crippen LogP contribution in [0.4, 0.5) is 4.79 Å². The normalized spacial score (nSPS) is 15.7. The molecule has 2 amide bonds. The highest BCUT2D eigenvalue weighted by molar-refractivity contribution is 7.10. The summed E-state index contributed by atoms with van der Waals surface area (Å²) in [7, 11) is 0. The van der Waals surface area contributed by atoms with Crippen LogP contribution in [-0.4, -0.2) is 35.0 Å². The van der Waals surface area contributed by atoms with Crippen molar-refractivity contribution in [1.82, 2.24) is 15.2 Å². The summed E-state index contributed by atoms with van der Waals surface area (Å²) in [6.45, 7) is 0.957. The molecule has 1 aliphatic rings. The van der Waals surface area contributed by atoms with E-state index in [4.69, 9.17) is 9.72 Å². The van der Waals surface area contributed by atoms with Crippen molar-refractivity contribution in [2.24, 2.45) is 0 Å². The molecule has 1 saturated heterocycles. The van der Waals surface area contributed by atoms with Crippen LogP contribution in [0.25, 0.3) is 11.3 Å². The number of amides is 2. The first-order valence-corrected chi connectivity index (χ1v) is 10.9. The number of hydrogen-bond acceptors (Lipinski definition) is 5. The molecule has 30 heavy (non-hydrogen) atoms. The number of aromatic nitrogens is 1. The molecule has 2 heterocycles. The largest absolute Gasteiger partial charge is 0.412 e. The van der Waals surface area contributed by atoms with Gasteiger partial charge in [0.05, 0.1) is 11.7 Å². The molecule has 7 heteroatoms. The van der Waals surface area contributed by atoms with E-state index in [1.54, 1.807) is 35.6 Å². The zero-order valence-corrected chi connectivity index (χ0v) is 17.3. The van der Waals surface area contributed by atoms with Crippen LogP contribution in [0.2, 0.25) is 0 Å². The summed E-state index contributed by atoms with van der Waals surface area (Å²) in [4.78, 5) is 31.3. The lowest BCUT2D eigenvalue weighted by molar-refractivity contribution is -0.132. The van der Waals surface area contributed by atoms with Gasteiger partial charge in [-0.3, -0.25) is 4.79 Å². The molecule has 2 aromatic carbocycles. The van der Waals surface area contributed by atoms with E-state index in [0.717, 1.165) is 35.7 Å². The highest BCUT2D eigenvalue weighted by Crippen LogP contribution is 2.35. The number of ether oxygens (including phenoxy) is 1. The summed E-state index contributed by atoms with van der Waals surface area (Å²) in [6.07, 6.45) is 1.55. The third-order valence-electron chi connectivity index (χ3n) is 5.01. The number of benzene rings is 2. The topological polar surface area (TPSA) is 71.5 Å². The zero-order chi connectivity index (χ0) is 20.8. The molecule has 0 radical (unpaired) electrons. The SMILES string of the molecule is O=C(NCCC(=O)N1CCCC1c1nc(-c2ccccc2)cs1)Oc1ccccc1. The highest BCUT2D eigenvalue weighted by Gasteiger charge is 2.31. The number of carbonyl (C=O) groups excluding carboxylic acids is 2. The van der Waals surface area contributed by atoms with Gasteiger partial charge in [-0.2, -0.15) is 0 Å². The van der Waals surface area contributed by atoms with Gasteiger partial charge >= 0.3 is 6.09 Å². The van der Waals surface area contributed by atoms with Gasteiger partial charge in [0, 0.05) is 30.5 Å². The standard InChI is InChI=1S/C23H23N3O3S/c27-21(13-14-24-23(28)29-18-10-5-2-6-11-18)26-15-7-12-20(26)22-25-19(16-30-22)17-8-3-1-4-9-17/h1-6,8-11,16,20H,7,12-15H2,(H,24,28). The summed E-state index contributed by atoms with van der Waals surface area (Å²) in [6, 6.07) is 18.9. The zero-order valence-electron chi connectivity index (χ0n) is 16.5. The summed E-state index contributed by atoms with van der Waals surface area (Å²) in [5.74, 6) is 0.493. The highest BCUT2D eigenvalue weighted by atomic mass is 32.1. The van der Waals surface area contributed by atoms with Crippen LogP contribution in [0.3, 0.4) is 0 Å². The Morgan fingerprint density at radius 1 is 1.10 bits per heavy atom. The first-order chi connectivity index (χ1) is 14.7. The second-order valence-corrected chi connectivity index (χ2v) is 7.95. The van der Waals surface area contributed by atoms with Crippen molar-refractivity contribution < 1.29 is 14.3 Å². The van der Waals surface area contributed by atoms with Crippen molar-refractivity contribution in [3.8, 4) is 17.0 Å². The molecule has 1 aliphatic heterocycles. The molecule has 6 nitrogen and oxygen atoms in total. The minimum atomic E-state index is -0.556. The van der Waals surface area contributed by atoms with Crippen LogP contribution in [0.5, 0.6) is 5.75 Å². The molecule has 1 N–H and O–H groups in total. The van der Waals surface area contributed by atoms with Gasteiger partial charge in [0.15, 0.2) is 0 Å². The second-order valence-electron chi connectivity index (χ2n) is 7.06. The molecule has 1 aromatic heterocycles. The molecule has 4 rings (SSSR count). The van der Waals surface area contributed by atoms with Crippen LogP contribution in [0, 0.1) is 0 Å². The fourth-order valence-corrected chi connectivity index (χ4v) is 4.53. The van der Waals surface area contributed by atoms with Crippen molar-refractivity contribution in [3.05, 3.63) is 71.1 Å². The first kappa shape index (κ1) is 20.1. The van der Waals surface area contributed by atoms with Crippen molar-refractivity contribution in [3.63, 3.8) is 0 Å². The fraction of sp³-hybridized carbons (Fsp3) is 0.261. The molecule has 1 fully saturated rings. The summed E-state index contributed by atoms with van der Waals surface area (Å²) >= 11 is 1.60. The van der Waals surface area contributed by atoms with Crippen LogP contribution in [-0.2, 0) is 4.79 Å². The number of hydrogen-bond donors (Lipinski definition) is 1. The number of carbonyl (C=O) groups is 2. The third-order valence-corrected chi connectivity index (χ3v) is 5.96. The Kier molecular flexibility index (Phi) is 6.39. The lowest BCUT2D eigenvalue weighted by Gasteiger charge is -2.23. The first-order valence-electron chi connectivity index (χ1n) is 10.0. The third kappa shape index (κ3) is 4.86. The van der Waals surface area contributed by atoms with Crippen LogP contribution in [0.1, 0.15) is 30.3 Å². The average molecular weight is 422 g/mol. The second kappa shape index (κ2) is 9.54. The Morgan fingerprint density at radius 3 is 2.60 bits per heavy atom. The van der Waals surface area contributed by atoms with E-state index in [0.29, 0.717) is 5.75 Å². The smallest absolute Gasteiger partial charge is 0.410 e. The number of para-hydroxylation sites is 1. The molecule has 3 aromatic rings. The number of likely N-dealkylation sites (tertiary alicyclic amines) is 1. The van der Waals surface area contributed by atoms with Gasteiger partial charge in [0.25, 0.3) is 0 Å². The Labute approximate surface area is 179 Å². The maximum Gasteiger partial charge on any atom is 0.412 e. The predicted molar refractivity (Wildman–Crippen MR) is 116 cm³/mol. The number of thiazole rings is 1. The quantitative estimate of drug-likeness (QED) is 0.629. The number of nitrogens with one attached hydrogen (secondary N) is 1. The van der Waals surface area contributed by atoms with Crippen LogP contribution < -0.4 is 10.1 Å². The van der Waals surface area contributed by atoms with E-state index in [1.165, 1.54) is 0 Å². The average Bonchev–Trinajstić information content (AvgIpc) is 3.45. The molecule has 0 bridgehead atoms. The lowest BCUT2D eigenvalue weighted by atomic mass is 10.2. The molecule has 1 atom stereocenters. The van der Waals surface area contributed by atoms with E-state index in [2.05, 4.69) is 5.32 Å². The van der Waals surface area contributed by atoms with E-state index in [9.17, 15) is 9.59 Å². The van der Waals surface area contributed by atoms with Crippen molar-refractivity contribution in [2.45, 2.75) is 25.3 Å². The summed E-state index contributed by atoms with van der Waals surface area (Å²) in [5, 5.41) is 5.66. The van der Waals surface area contributed by atoms with Crippen LogP contribution >= 0.6 is 11.3 Å². The van der Waals surface area contributed by atoms with E-state index < -0.39 is 6.09 Å². The number of nitrogens with zero attached hydrogens (tertiary/aromatic N) is 2. The molecule has 1 unspecified atom stereocenters. The van der Waals surface area contributed by atoms with Crippen molar-refractivity contribution >= 4 is 23.3 Å². The Morgan fingerprint density at radius 2 is 1.83 bits per heavy atom. The summed E-state index contributed by atoms with van der Waals surface area (Å²) < 4.78 is 5.17. The maximum atomic E-state index is 12.8. The van der Waals surface area contributed by atoms with Gasteiger partial charge < -0.3 is 15.0 Å². The number of rotatable bonds is 6. The Bertz CT molecular complexity index is 991. The summed E-state index contributed by atoms with van der Waals surface area (Å²) in [5.41, 5.74) is 2.03. The minimum Gasteiger partial charge on any atom is -0.410 e. The van der Waals surface area contributed by atoms with Gasteiger partial charge in [-0.05, 0) is 25.0 Å². The minimum absolute atomic E-state index is 0.0104. The van der Waals surface area contributed by atoms with Gasteiger partial charge in [-0.25, -0.2) is 9.78 Å². The lowest BCUT2D eigenvalue weighted by Crippen LogP contribution is -2.35. The van der Waals surface area contributed by atoms with Gasteiger partial charge in [0.2, 0.25) is 5.91 Å². The molecule has 0 saturated carbocycles. The van der Waals surface area contributed by atoms with Gasteiger partial charge in [0.1, 0.15) is 10.8 Å². The molecular formula is C23H23N3O3S. The predicted octanol–water partition coefficient (Wildman–Crippen LogP) is 4.65. The molecular weight excluding hydrogens is 398 g/mol. The maximum absolute atomic E-state index is 12.8. The Hall–Kier alpha value is -3.19. The van der Waals surface area contributed by atoms with E-state index >= 15 is 0 Å².